The van der Waals surface area contributed by atoms with E-state index in [2.05, 4.69) is 0 Å². The van der Waals surface area contributed by atoms with Crippen molar-refractivity contribution >= 4 is 10.8 Å². The molecule has 0 aliphatic carbocycles. The maximum atomic E-state index is 11.1. The monoisotopic (exact) mass is 241 g/mol. The van der Waals surface area contributed by atoms with E-state index >= 15 is 0 Å². The summed E-state index contributed by atoms with van der Waals surface area (Å²) in [5.74, 6) is 1.93. The van der Waals surface area contributed by atoms with Crippen LogP contribution in [0, 0.1) is 0 Å². The van der Waals surface area contributed by atoms with Crippen molar-refractivity contribution in [3.8, 4) is 11.5 Å². The Bertz CT molecular complexity index is 408. The first-order valence-corrected chi connectivity index (χ1v) is 6.84. The van der Waals surface area contributed by atoms with Gasteiger partial charge in [-0.2, -0.15) is 0 Å². The third-order valence-electron chi connectivity index (χ3n) is 2.41. The fourth-order valence-electron chi connectivity index (χ4n) is 1.64. The molecule has 0 saturated carbocycles. The average Bonchev–Trinajstić information content (AvgIpc) is 2.27. The van der Waals surface area contributed by atoms with Crippen molar-refractivity contribution in [1.29, 1.82) is 0 Å². The summed E-state index contributed by atoms with van der Waals surface area (Å²) < 4.78 is 22.0. The molecule has 1 aliphatic rings. The lowest BCUT2D eigenvalue weighted by Gasteiger charge is -2.20. The molecule has 0 saturated heterocycles. The fraction of sp³-hybridized carbons (Fsp3) is 0.455. The molecule has 88 valence electrons. The Morgan fingerprint density at radius 2 is 2.06 bits per heavy atom. The van der Waals surface area contributed by atoms with Gasteiger partial charge in [-0.25, -0.2) is 0 Å². The second-order valence-electron chi connectivity index (χ2n) is 3.75. The molecule has 0 amide bonds. The van der Waals surface area contributed by atoms with Gasteiger partial charge in [0, 0.05) is 28.9 Å². The lowest BCUT2D eigenvalue weighted by atomic mass is 10.1. The summed E-state index contributed by atoms with van der Waals surface area (Å²) in [5, 5.41) is 0. The molecule has 2 unspecified atom stereocenters. The molecule has 1 aromatic carbocycles. The van der Waals surface area contributed by atoms with E-state index in [1.54, 1.807) is 6.26 Å². The van der Waals surface area contributed by atoms with E-state index in [4.69, 9.17) is 15.2 Å². The predicted octanol–water partition coefficient (Wildman–Crippen LogP) is 0.836. The number of nitrogens with two attached hydrogens (primary N) is 1. The molecule has 16 heavy (non-hydrogen) atoms. The highest BCUT2D eigenvalue weighted by molar-refractivity contribution is 7.84. The lowest BCUT2D eigenvalue weighted by Crippen LogP contribution is -2.19. The zero-order valence-electron chi connectivity index (χ0n) is 9.14. The summed E-state index contributed by atoms with van der Waals surface area (Å²) in [5.41, 5.74) is 6.87. The second kappa shape index (κ2) is 4.84. The third-order valence-corrected chi connectivity index (χ3v) is 3.24. The number of hydrogen-bond acceptors (Lipinski definition) is 4. The summed E-state index contributed by atoms with van der Waals surface area (Å²) in [7, 11) is -0.895. The van der Waals surface area contributed by atoms with Gasteiger partial charge in [-0.05, 0) is 17.7 Å². The molecule has 0 spiro atoms. The number of fused-ring (bicyclic) bond motifs is 1. The Hall–Kier alpha value is -1.07. The van der Waals surface area contributed by atoms with E-state index < -0.39 is 10.8 Å². The molecule has 2 N–H and O–H groups in total. The summed E-state index contributed by atoms with van der Waals surface area (Å²) >= 11 is 0. The largest absolute Gasteiger partial charge is 0.486 e. The van der Waals surface area contributed by atoms with E-state index in [0.717, 1.165) is 17.1 Å². The van der Waals surface area contributed by atoms with E-state index in [-0.39, 0.29) is 6.04 Å². The van der Waals surface area contributed by atoms with Crippen molar-refractivity contribution < 1.29 is 13.7 Å². The van der Waals surface area contributed by atoms with E-state index in [0.29, 0.717) is 19.0 Å². The van der Waals surface area contributed by atoms with Gasteiger partial charge in [0.1, 0.15) is 13.2 Å². The molecule has 2 rings (SSSR count). The van der Waals surface area contributed by atoms with Crippen LogP contribution < -0.4 is 15.2 Å². The van der Waals surface area contributed by atoms with Gasteiger partial charge in [-0.1, -0.05) is 6.07 Å². The number of hydrogen-bond donors (Lipinski definition) is 1. The van der Waals surface area contributed by atoms with Crippen LogP contribution in [-0.2, 0) is 10.8 Å². The van der Waals surface area contributed by atoms with Gasteiger partial charge in [0.25, 0.3) is 0 Å². The first kappa shape index (κ1) is 11.4. The summed E-state index contributed by atoms with van der Waals surface area (Å²) in [6.07, 6.45) is 1.65. The van der Waals surface area contributed by atoms with Crippen molar-refractivity contribution in [1.82, 2.24) is 0 Å². The van der Waals surface area contributed by atoms with Crippen molar-refractivity contribution in [3.63, 3.8) is 0 Å². The molecule has 1 aliphatic heterocycles. The minimum atomic E-state index is -0.895. The third kappa shape index (κ3) is 2.54. The summed E-state index contributed by atoms with van der Waals surface area (Å²) in [6.45, 7) is 1.14. The first-order valence-electron chi connectivity index (χ1n) is 5.12. The molecule has 4 nitrogen and oxygen atoms in total. The van der Waals surface area contributed by atoms with Gasteiger partial charge < -0.3 is 15.2 Å². The van der Waals surface area contributed by atoms with Crippen molar-refractivity contribution in [2.24, 2.45) is 5.73 Å². The van der Waals surface area contributed by atoms with Crippen LogP contribution in [0.15, 0.2) is 18.2 Å². The quantitative estimate of drug-likeness (QED) is 0.851. The standard InChI is InChI=1S/C11H15NO3S/c1-16(13)7-9(12)8-2-3-10-11(6-8)15-5-4-14-10/h2-3,6,9H,4-5,7,12H2,1H3. The molecular weight excluding hydrogens is 226 g/mol. The molecule has 1 heterocycles. The van der Waals surface area contributed by atoms with Crippen molar-refractivity contribution in [3.05, 3.63) is 23.8 Å². The maximum Gasteiger partial charge on any atom is 0.161 e. The van der Waals surface area contributed by atoms with Crippen LogP contribution in [0.25, 0.3) is 0 Å². The van der Waals surface area contributed by atoms with Crippen LogP contribution >= 0.6 is 0 Å². The Morgan fingerprint density at radius 1 is 1.38 bits per heavy atom. The minimum Gasteiger partial charge on any atom is -0.486 e. The molecule has 0 radical (unpaired) electrons. The average molecular weight is 241 g/mol. The molecule has 1 aromatic rings. The molecule has 0 bridgehead atoms. The smallest absolute Gasteiger partial charge is 0.161 e. The van der Waals surface area contributed by atoms with E-state index in [1.807, 2.05) is 18.2 Å². The molecule has 0 aromatic heterocycles. The van der Waals surface area contributed by atoms with Crippen LogP contribution in [0.3, 0.4) is 0 Å². The fourth-order valence-corrected chi connectivity index (χ4v) is 2.34. The van der Waals surface area contributed by atoms with Crippen LogP contribution in [0.4, 0.5) is 0 Å². The maximum absolute atomic E-state index is 11.1. The van der Waals surface area contributed by atoms with Gasteiger partial charge in [0.15, 0.2) is 11.5 Å². The zero-order valence-corrected chi connectivity index (χ0v) is 9.96. The Balaban J connectivity index is 2.19. The molecule has 2 atom stereocenters. The predicted molar refractivity (Wildman–Crippen MR) is 63.3 cm³/mol. The number of benzene rings is 1. The van der Waals surface area contributed by atoms with Gasteiger partial charge in [-0.15, -0.1) is 0 Å². The SMILES string of the molecule is CS(=O)CC(N)c1ccc2c(c1)OCCO2. The van der Waals surface area contributed by atoms with Crippen LogP contribution in [0.1, 0.15) is 11.6 Å². The highest BCUT2D eigenvalue weighted by atomic mass is 32.2. The van der Waals surface area contributed by atoms with Gasteiger partial charge in [0.05, 0.1) is 0 Å². The van der Waals surface area contributed by atoms with Gasteiger partial charge in [0.2, 0.25) is 0 Å². The normalized spacial score (nSPS) is 17.9. The minimum absolute atomic E-state index is 0.221. The topological polar surface area (TPSA) is 61.6 Å². The molecule has 5 heteroatoms. The van der Waals surface area contributed by atoms with Crippen molar-refractivity contribution in [2.75, 3.05) is 25.2 Å². The van der Waals surface area contributed by atoms with Gasteiger partial charge in [-0.3, -0.25) is 4.21 Å². The van der Waals surface area contributed by atoms with E-state index in [9.17, 15) is 4.21 Å². The number of rotatable bonds is 3. The zero-order chi connectivity index (χ0) is 11.5. The van der Waals surface area contributed by atoms with Crippen LogP contribution in [0.2, 0.25) is 0 Å². The Kier molecular flexibility index (Phi) is 3.46. The van der Waals surface area contributed by atoms with E-state index in [1.165, 1.54) is 0 Å². The van der Waals surface area contributed by atoms with Crippen LogP contribution in [-0.4, -0.2) is 29.4 Å². The van der Waals surface area contributed by atoms with Gasteiger partial charge >= 0.3 is 0 Å². The first-order chi connectivity index (χ1) is 7.66. The molecule has 0 fully saturated rings. The second-order valence-corrected chi connectivity index (χ2v) is 5.23. The summed E-state index contributed by atoms with van der Waals surface area (Å²) in [4.78, 5) is 0. The Morgan fingerprint density at radius 3 is 2.75 bits per heavy atom. The molecular formula is C11H15NO3S. The summed E-state index contributed by atoms with van der Waals surface area (Å²) in [6, 6.07) is 5.39. The van der Waals surface area contributed by atoms with Crippen LogP contribution in [0.5, 0.6) is 11.5 Å². The Labute approximate surface area is 97.2 Å². The number of ether oxygens (including phenoxy) is 2. The highest BCUT2D eigenvalue weighted by Gasteiger charge is 2.15. The highest BCUT2D eigenvalue weighted by Crippen LogP contribution is 2.32. The van der Waals surface area contributed by atoms with Crippen molar-refractivity contribution in [2.45, 2.75) is 6.04 Å². The lowest BCUT2D eigenvalue weighted by molar-refractivity contribution is 0.171.